The molecule has 0 unspecified atom stereocenters. The van der Waals surface area contributed by atoms with Crippen molar-refractivity contribution in [1.82, 2.24) is 9.97 Å². The maximum atomic E-state index is 5.64. The normalized spacial score (nSPS) is 10.2. The van der Waals surface area contributed by atoms with E-state index in [2.05, 4.69) is 41.2 Å². The van der Waals surface area contributed by atoms with Gasteiger partial charge in [0.1, 0.15) is 18.0 Å². The molecular formula is C13H16N4. The summed E-state index contributed by atoms with van der Waals surface area (Å²) >= 11 is 0. The van der Waals surface area contributed by atoms with E-state index in [0.717, 1.165) is 12.4 Å². The lowest BCUT2D eigenvalue weighted by molar-refractivity contribution is 0.891. The van der Waals surface area contributed by atoms with Crippen molar-refractivity contribution >= 4 is 11.6 Å². The third kappa shape index (κ3) is 2.93. The highest BCUT2D eigenvalue weighted by Crippen LogP contribution is 2.14. The van der Waals surface area contributed by atoms with Gasteiger partial charge < -0.3 is 10.6 Å². The Labute approximate surface area is 101 Å². The molecule has 2 aromatic rings. The van der Waals surface area contributed by atoms with Gasteiger partial charge in [0.15, 0.2) is 0 Å². The van der Waals surface area contributed by atoms with E-state index in [1.54, 1.807) is 6.07 Å². The Balaban J connectivity index is 2.14. The number of rotatable bonds is 3. The van der Waals surface area contributed by atoms with Gasteiger partial charge in [-0.2, -0.15) is 0 Å². The highest BCUT2D eigenvalue weighted by atomic mass is 15.2. The summed E-state index contributed by atoms with van der Waals surface area (Å²) in [5.74, 6) is 1.32. The van der Waals surface area contributed by atoms with Crippen LogP contribution in [0.15, 0.2) is 36.7 Å². The van der Waals surface area contributed by atoms with E-state index in [4.69, 9.17) is 5.73 Å². The van der Waals surface area contributed by atoms with Gasteiger partial charge in [-0.1, -0.05) is 29.8 Å². The zero-order valence-electron chi connectivity index (χ0n) is 10.1. The van der Waals surface area contributed by atoms with E-state index < -0.39 is 0 Å². The van der Waals surface area contributed by atoms with Gasteiger partial charge in [-0.25, -0.2) is 9.97 Å². The Morgan fingerprint density at radius 1 is 1.24 bits per heavy atom. The molecule has 0 saturated carbocycles. The number of aryl methyl sites for hydroxylation is 1. The summed E-state index contributed by atoms with van der Waals surface area (Å²) in [4.78, 5) is 10.1. The number of hydrogen-bond donors (Lipinski definition) is 1. The minimum Gasteiger partial charge on any atom is -0.384 e. The Morgan fingerprint density at radius 2 is 2.06 bits per heavy atom. The van der Waals surface area contributed by atoms with Crippen LogP contribution in [0.2, 0.25) is 0 Å². The third-order valence-electron chi connectivity index (χ3n) is 2.57. The first-order valence-corrected chi connectivity index (χ1v) is 5.49. The van der Waals surface area contributed by atoms with Gasteiger partial charge in [-0.3, -0.25) is 0 Å². The molecule has 2 N–H and O–H groups in total. The average Bonchev–Trinajstić information content (AvgIpc) is 2.29. The molecule has 1 aromatic carbocycles. The summed E-state index contributed by atoms with van der Waals surface area (Å²) in [6.45, 7) is 2.89. The smallest absolute Gasteiger partial charge is 0.134 e. The molecule has 88 valence electrons. The summed E-state index contributed by atoms with van der Waals surface area (Å²) in [6, 6.07) is 10.2. The molecule has 0 amide bonds. The van der Waals surface area contributed by atoms with Crippen molar-refractivity contribution < 1.29 is 0 Å². The van der Waals surface area contributed by atoms with Crippen LogP contribution in [0.3, 0.4) is 0 Å². The van der Waals surface area contributed by atoms with Crippen molar-refractivity contribution in [3.05, 3.63) is 47.8 Å². The molecule has 0 aliphatic heterocycles. The van der Waals surface area contributed by atoms with E-state index in [0.29, 0.717) is 5.82 Å². The third-order valence-corrected chi connectivity index (χ3v) is 2.57. The number of anilines is 2. The monoisotopic (exact) mass is 228 g/mol. The fraction of sp³-hybridized carbons (Fsp3) is 0.231. The van der Waals surface area contributed by atoms with Crippen molar-refractivity contribution in [3.63, 3.8) is 0 Å². The molecule has 0 spiro atoms. The minimum absolute atomic E-state index is 0.492. The lowest BCUT2D eigenvalue weighted by Gasteiger charge is -2.18. The van der Waals surface area contributed by atoms with Gasteiger partial charge in [0, 0.05) is 19.7 Å². The molecule has 0 aliphatic rings. The number of aromatic nitrogens is 2. The van der Waals surface area contributed by atoms with Gasteiger partial charge in [-0.05, 0) is 12.5 Å². The maximum Gasteiger partial charge on any atom is 0.134 e. The fourth-order valence-corrected chi connectivity index (χ4v) is 1.74. The first kappa shape index (κ1) is 11.4. The summed E-state index contributed by atoms with van der Waals surface area (Å²) in [7, 11) is 1.99. The van der Waals surface area contributed by atoms with Crippen LogP contribution in [0, 0.1) is 6.92 Å². The molecule has 0 saturated heterocycles. The molecule has 17 heavy (non-hydrogen) atoms. The van der Waals surface area contributed by atoms with Gasteiger partial charge in [0.05, 0.1) is 0 Å². The minimum atomic E-state index is 0.492. The SMILES string of the molecule is Cc1cccc(CN(C)c2cc(N)ncn2)c1. The van der Waals surface area contributed by atoms with E-state index >= 15 is 0 Å². The largest absolute Gasteiger partial charge is 0.384 e. The Kier molecular flexibility index (Phi) is 3.23. The maximum absolute atomic E-state index is 5.64. The summed E-state index contributed by atoms with van der Waals surface area (Å²) < 4.78 is 0. The standard InChI is InChI=1S/C13H16N4/c1-10-4-3-5-11(6-10)8-17(2)13-7-12(14)15-9-16-13/h3-7,9H,8H2,1-2H3,(H2,14,15,16). The van der Waals surface area contributed by atoms with Crippen LogP contribution in [-0.4, -0.2) is 17.0 Å². The molecule has 0 radical (unpaired) electrons. The fourth-order valence-electron chi connectivity index (χ4n) is 1.74. The van der Waals surface area contributed by atoms with Crippen LogP contribution < -0.4 is 10.6 Å². The second kappa shape index (κ2) is 4.82. The van der Waals surface area contributed by atoms with Gasteiger partial charge in [0.25, 0.3) is 0 Å². The van der Waals surface area contributed by atoms with E-state index in [-0.39, 0.29) is 0 Å². The lowest BCUT2D eigenvalue weighted by Crippen LogP contribution is -2.18. The number of nitrogens with zero attached hydrogens (tertiary/aromatic N) is 3. The summed E-state index contributed by atoms with van der Waals surface area (Å²) in [5.41, 5.74) is 8.15. The Bertz CT molecular complexity index is 510. The van der Waals surface area contributed by atoms with E-state index in [1.165, 1.54) is 17.5 Å². The van der Waals surface area contributed by atoms with Crippen LogP contribution in [0.4, 0.5) is 11.6 Å². The van der Waals surface area contributed by atoms with Crippen molar-refractivity contribution in [2.24, 2.45) is 0 Å². The molecule has 4 heteroatoms. The first-order valence-electron chi connectivity index (χ1n) is 5.49. The topological polar surface area (TPSA) is 55.0 Å². The van der Waals surface area contributed by atoms with E-state index in [1.807, 2.05) is 11.9 Å². The molecule has 1 aromatic heterocycles. The van der Waals surface area contributed by atoms with Crippen molar-refractivity contribution in [2.75, 3.05) is 17.7 Å². The summed E-state index contributed by atoms with van der Waals surface area (Å²) in [5, 5.41) is 0. The van der Waals surface area contributed by atoms with Crippen molar-refractivity contribution in [1.29, 1.82) is 0 Å². The van der Waals surface area contributed by atoms with Crippen LogP contribution in [0.25, 0.3) is 0 Å². The molecule has 0 bridgehead atoms. The van der Waals surface area contributed by atoms with Crippen LogP contribution in [0.5, 0.6) is 0 Å². The molecule has 2 rings (SSSR count). The number of hydrogen-bond acceptors (Lipinski definition) is 4. The number of benzene rings is 1. The highest BCUT2D eigenvalue weighted by molar-refractivity contribution is 5.45. The lowest BCUT2D eigenvalue weighted by atomic mass is 10.1. The zero-order chi connectivity index (χ0) is 12.3. The predicted octanol–water partition coefficient (Wildman–Crippen LogP) is 2.00. The summed E-state index contributed by atoms with van der Waals surface area (Å²) in [6.07, 6.45) is 1.48. The van der Waals surface area contributed by atoms with Crippen molar-refractivity contribution in [2.45, 2.75) is 13.5 Å². The number of nitrogens with two attached hydrogens (primary N) is 1. The van der Waals surface area contributed by atoms with E-state index in [9.17, 15) is 0 Å². The zero-order valence-corrected chi connectivity index (χ0v) is 10.1. The average molecular weight is 228 g/mol. The number of nitrogen functional groups attached to an aromatic ring is 1. The molecule has 0 atom stereocenters. The Hall–Kier alpha value is -2.10. The molecule has 4 nitrogen and oxygen atoms in total. The molecule has 1 heterocycles. The van der Waals surface area contributed by atoms with Crippen LogP contribution >= 0.6 is 0 Å². The second-order valence-corrected chi connectivity index (χ2v) is 4.15. The molecular weight excluding hydrogens is 212 g/mol. The first-order chi connectivity index (χ1) is 8.15. The highest BCUT2D eigenvalue weighted by Gasteiger charge is 2.04. The van der Waals surface area contributed by atoms with Crippen LogP contribution in [-0.2, 0) is 6.54 Å². The predicted molar refractivity (Wildman–Crippen MR) is 69.7 cm³/mol. The molecule has 0 fully saturated rings. The van der Waals surface area contributed by atoms with Gasteiger partial charge >= 0.3 is 0 Å². The van der Waals surface area contributed by atoms with Crippen LogP contribution in [0.1, 0.15) is 11.1 Å². The molecule has 0 aliphatic carbocycles. The van der Waals surface area contributed by atoms with Crippen molar-refractivity contribution in [3.8, 4) is 0 Å². The quantitative estimate of drug-likeness (QED) is 0.873. The van der Waals surface area contributed by atoms with Gasteiger partial charge in [-0.15, -0.1) is 0 Å². The van der Waals surface area contributed by atoms with Gasteiger partial charge in [0.2, 0.25) is 0 Å². The second-order valence-electron chi connectivity index (χ2n) is 4.15. The Morgan fingerprint density at radius 3 is 2.76 bits per heavy atom.